The third-order valence-corrected chi connectivity index (χ3v) is 3.29. The predicted molar refractivity (Wildman–Crippen MR) is 66.0 cm³/mol. The summed E-state index contributed by atoms with van der Waals surface area (Å²) in [6.45, 7) is 2.15. The molecule has 0 amide bonds. The van der Waals surface area contributed by atoms with Crippen LogP contribution in [0.4, 0.5) is 0 Å². The quantitative estimate of drug-likeness (QED) is 0.625. The summed E-state index contributed by atoms with van der Waals surface area (Å²) < 4.78 is 0. The molecule has 0 heterocycles. The van der Waals surface area contributed by atoms with Gasteiger partial charge in [-0.3, -0.25) is 0 Å². The minimum Gasteiger partial charge on any atom is -0.0885 e. The van der Waals surface area contributed by atoms with Crippen LogP contribution < -0.4 is 0 Å². The Bertz CT molecular complexity index is 308. The van der Waals surface area contributed by atoms with Gasteiger partial charge >= 0.3 is 0 Å². The van der Waals surface area contributed by atoms with E-state index in [4.69, 9.17) is 0 Å². The fraction of sp³-hybridized carbons (Fsp3) is 0.467. The van der Waals surface area contributed by atoms with Gasteiger partial charge in [0, 0.05) is 0 Å². The largest absolute Gasteiger partial charge is 0.0885 e. The van der Waals surface area contributed by atoms with Gasteiger partial charge in [-0.05, 0) is 50.5 Å². The third kappa shape index (κ3) is 3.23. The van der Waals surface area contributed by atoms with Crippen molar-refractivity contribution in [3.63, 3.8) is 0 Å². The van der Waals surface area contributed by atoms with Gasteiger partial charge in [0.25, 0.3) is 0 Å². The maximum absolute atomic E-state index is 2.34. The number of benzene rings is 1. The maximum atomic E-state index is 2.34. The van der Waals surface area contributed by atoms with Crippen LogP contribution in [-0.2, 0) is 6.42 Å². The Labute approximate surface area is 93.0 Å². The van der Waals surface area contributed by atoms with Crippen molar-refractivity contribution in [3.8, 4) is 0 Å². The molecule has 1 aromatic rings. The van der Waals surface area contributed by atoms with Crippen LogP contribution in [0.5, 0.6) is 0 Å². The fourth-order valence-electron chi connectivity index (χ4n) is 2.31. The van der Waals surface area contributed by atoms with Crippen molar-refractivity contribution in [3.05, 3.63) is 47.5 Å². The highest BCUT2D eigenvalue weighted by Crippen LogP contribution is 2.22. The van der Waals surface area contributed by atoms with Gasteiger partial charge in [-0.25, -0.2) is 0 Å². The van der Waals surface area contributed by atoms with Crippen molar-refractivity contribution < 1.29 is 0 Å². The second-order valence-corrected chi connectivity index (χ2v) is 4.68. The van der Waals surface area contributed by atoms with Gasteiger partial charge in [0.15, 0.2) is 0 Å². The summed E-state index contributed by atoms with van der Waals surface area (Å²) in [6, 6.07) is 9.02. The smallest absolute Gasteiger partial charge is 0.0250 e. The number of rotatable bonds is 2. The second kappa shape index (κ2) is 5.16. The molecular formula is C15H20. The molecule has 0 spiro atoms. The molecule has 0 N–H and O–H groups in total. The average molecular weight is 200 g/mol. The van der Waals surface area contributed by atoms with Gasteiger partial charge < -0.3 is 0 Å². The first-order chi connectivity index (χ1) is 7.34. The van der Waals surface area contributed by atoms with E-state index in [1.165, 1.54) is 43.2 Å². The Morgan fingerprint density at radius 2 is 1.60 bits per heavy atom. The summed E-state index contributed by atoms with van der Waals surface area (Å²) in [7, 11) is 0. The molecule has 0 unspecified atom stereocenters. The minimum absolute atomic E-state index is 0.891. The lowest BCUT2D eigenvalue weighted by atomic mass is 9.92. The van der Waals surface area contributed by atoms with E-state index in [1.54, 1.807) is 0 Å². The zero-order chi connectivity index (χ0) is 10.5. The second-order valence-electron chi connectivity index (χ2n) is 4.68. The molecule has 0 saturated carbocycles. The molecule has 0 aliphatic heterocycles. The first-order valence-electron chi connectivity index (χ1n) is 6.05. The van der Waals surface area contributed by atoms with Gasteiger partial charge in [-0.2, -0.15) is 0 Å². The molecule has 0 saturated heterocycles. The zero-order valence-electron chi connectivity index (χ0n) is 9.58. The Morgan fingerprint density at radius 1 is 1.00 bits per heavy atom. The Balaban J connectivity index is 1.93. The third-order valence-electron chi connectivity index (χ3n) is 3.29. The topological polar surface area (TPSA) is 0 Å². The van der Waals surface area contributed by atoms with E-state index >= 15 is 0 Å². The van der Waals surface area contributed by atoms with E-state index in [2.05, 4.69) is 43.3 Å². The van der Waals surface area contributed by atoms with Gasteiger partial charge in [0.05, 0.1) is 0 Å². The van der Waals surface area contributed by atoms with E-state index in [0.29, 0.717) is 0 Å². The molecule has 0 heteroatoms. The number of hydrogen-bond acceptors (Lipinski definition) is 0. The molecule has 1 aliphatic rings. The van der Waals surface area contributed by atoms with Crippen molar-refractivity contribution in [1.29, 1.82) is 0 Å². The molecule has 2 rings (SSSR count). The van der Waals surface area contributed by atoms with E-state index < -0.39 is 0 Å². The summed E-state index contributed by atoms with van der Waals surface area (Å²) in [5, 5.41) is 0. The van der Waals surface area contributed by atoms with Crippen LogP contribution in [0.2, 0.25) is 0 Å². The summed E-state index contributed by atoms with van der Waals surface area (Å²) in [4.78, 5) is 0. The van der Waals surface area contributed by atoms with Crippen molar-refractivity contribution in [2.75, 3.05) is 0 Å². The van der Waals surface area contributed by atoms with Crippen molar-refractivity contribution in [1.82, 2.24) is 0 Å². The number of allylic oxidation sites excluding steroid dienone is 2. The lowest BCUT2D eigenvalue weighted by molar-refractivity contribution is 0.465. The van der Waals surface area contributed by atoms with Gasteiger partial charge in [-0.15, -0.1) is 0 Å². The van der Waals surface area contributed by atoms with Crippen LogP contribution in [0.1, 0.15) is 36.8 Å². The lowest BCUT2D eigenvalue weighted by Gasteiger charge is -2.13. The van der Waals surface area contributed by atoms with Crippen molar-refractivity contribution in [2.24, 2.45) is 5.92 Å². The van der Waals surface area contributed by atoms with E-state index in [9.17, 15) is 0 Å². The highest BCUT2D eigenvalue weighted by atomic mass is 14.1. The molecule has 0 aromatic heterocycles. The zero-order valence-corrected chi connectivity index (χ0v) is 9.58. The normalized spacial score (nSPS) is 17.7. The van der Waals surface area contributed by atoms with Crippen molar-refractivity contribution >= 4 is 0 Å². The lowest BCUT2D eigenvalue weighted by Crippen LogP contribution is -2.03. The molecular weight excluding hydrogens is 180 g/mol. The van der Waals surface area contributed by atoms with Crippen molar-refractivity contribution in [2.45, 2.75) is 39.0 Å². The average Bonchev–Trinajstić information content (AvgIpc) is 2.50. The summed E-state index contributed by atoms with van der Waals surface area (Å²) >= 11 is 0. The van der Waals surface area contributed by atoms with Crippen LogP contribution in [-0.4, -0.2) is 0 Å². The molecule has 80 valence electrons. The molecule has 1 aromatic carbocycles. The first kappa shape index (κ1) is 10.5. The van der Waals surface area contributed by atoms with Crippen LogP contribution in [0.25, 0.3) is 0 Å². The van der Waals surface area contributed by atoms with E-state index in [0.717, 1.165) is 5.92 Å². The first-order valence-corrected chi connectivity index (χ1v) is 6.05. The van der Waals surface area contributed by atoms with Gasteiger partial charge in [0.2, 0.25) is 0 Å². The number of hydrogen-bond donors (Lipinski definition) is 0. The molecule has 15 heavy (non-hydrogen) atoms. The monoisotopic (exact) mass is 200 g/mol. The predicted octanol–water partition coefficient (Wildman–Crippen LogP) is 4.28. The van der Waals surface area contributed by atoms with Crippen LogP contribution in [0.3, 0.4) is 0 Å². The molecule has 1 aliphatic carbocycles. The highest BCUT2D eigenvalue weighted by Gasteiger charge is 2.10. The maximum Gasteiger partial charge on any atom is -0.0250 e. The fourth-order valence-corrected chi connectivity index (χ4v) is 2.31. The molecule has 0 fully saturated rings. The van der Waals surface area contributed by atoms with Crippen LogP contribution in [0, 0.1) is 12.8 Å². The van der Waals surface area contributed by atoms with E-state index in [1.807, 2.05) is 0 Å². The molecule has 0 nitrogen and oxygen atoms in total. The molecule has 0 atom stereocenters. The van der Waals surface area contributed by atoms with Crippen LogP contribution in [0.15, 0.2) is 36.4 Å². The summed E-state index contributed by atoms with van der Waals surface area (Å²) in [5.41, 5.74) is 2.87. The summed E-state index contributed by atoms with van der Waals surface area (Å²) in [6.07, 6.45) is 11.2. The Kier molecular flexibility index (Phi) is 3.60. The van der Waals surface area contributed by atoms with Crippen LogP contribution >= 0.6 is 0 Å². The number of aryl methyl sites for hydroxylation is 1. The minimum atomic E-state index is 0.891. The SMILES string of the molecule is Cc1ccc(CC2CCC=CCC2)cc1. The highest BCUT2D eigenvalue weighted by molar-refractivity contribution is 5.21. The Morgan fingerprint density at radius 3 is 2.20 bits per heavy atom. The van der Waals surface area contributed by atoms with Gasteiger partial charge in [-0.1, -0.05) is 42.0 Å². The standard InChI is InChI=1S/C15H20/c1-13-8-10-15(11-9-13)12-14-6-4-2-3-5-7-14/h2-3,8-11,14H,4-7,12H2,1H3. The van der Waals surface area contributed by atoms with E-state index in [-0.39, 0.29) is 0 Å². The molecule has 0 bridgehead atoms. The van der Waals surface area contributed by atoms with Gasteiger partial charge in [0.1, 0.15) is 0 Å². The summed E-state index contributed by atoms with van der Waals surface area (Å²) in [5.74, 6) is 0.891. The Hall–Kier alpha value is -1.04. The molecule has 0 radical (unpaired) electrons.